The van der Waals surface area contributed by atoms with Crippen molar-refractivity contribution in [2.75, 3.05) is 0 Å². The standard InChI is InChI=1S/C16H12N2O3/c19-14-10-12-8-4-5-9-13(12)18(14)16(21)17-15(20)11-6-2-1-3-7-11/h1-10,19H,(H,17,20,21). The van der Waals surface area contributed by atoms with Crippen LogP contribution in [0.25, 0.3) is 10.9 Å². The number of hydrogen-bond donors (Lipinski definition) is 2. The van der Waals surface area contributed by atoms with Crippen LogP contribution in [-0.4, -0.2) is 21.6 Å². The van der Waals surface area contributed by atoms with Gasteiger partial charge < -0.3 is 5.11 Å². The third kappa shape index (κ3) is 2.36. The van der Waals surface area contributed by atoms with Gasteiger partial charge in [-0.15, -0.1) is 0 Å². The van der Waals surface area contributed by atoms with Crippen molar-refractivity contribution in [1.29, 1.82) is 0 Å². The number of rotatable bonds is 1. The van der Waals surface area contributed by atoms with Gasteiger partial charge in [0.1, 0.15) is 0 Å². The van der Waals surface area contributed by atoms with Gasteiger partial charge in [-0.3, -0.25) is 10.1 Å². The van der Waals surface area contributed by atoms with E-state index in [1.54, 1.807) is 54.6 Å². The first-order valence-electron chi connectivity index (χ1n) is 6.37. The fourth-order valence-corrected chi connectivity index (χ4v) is 2.17. The Hall–Kier alpha value is -3.08. The van der Waals surface area contributed by atoms with E-state index in [0.29, 0.717) is 11.1 Å². The number of aromatic hydroxyl groups is 1. The quantitative estimate of drug-likeness (QED) is 0.720. The van der Waals surface area contributed by atoms with Crippen molar-refractivity contribution in [2.45, 2.75) is 0 Å². The number of carbonyl (C=O) groups excluding carboxylic acids is 2. The summed E-state index contributed by atoms with van der Waals surface area (Å²) < 4.78 is 1.07. The number of benzene rings is 2. The average molecular weight is 280 g/mol. The number of fused-ring (bicyclic) bond motifs is 1. The molecule has 104 valence electrons. The molecule has 0 atom stereocenters. The molecule has 0 bridgehead atoms. The third-order valence-electron chi connectivity index (χ3n) is 3.15. The second kappa shape index (κ2) is 5.13. The highest BCUT2D eigenvalue weighted by Crippen LogP contribution is 2.23. The smallest absolute Gasteiger partial charge is 0.335 e. The van der Waals surface area contributed by atoms with Crippen LogP contribution in [0.4, 0.5) is 4.79 Å². The van der Waals surface area contributed by atoms with Crippen LogP contribution in [0.2, 0.25) is 0 Å². The van der Waals surface area contributed by atoms with E-state index in [1.807, 2.05) is 0 Å². The van der Waals surface area contributed by atoms with Crippen LogP contribution < -0.4 is 5.32 Å². The Bertz CT molecular complexity index is 822. The van der Waals surface area contributed by atoms with Gasteiger partial charge in [0.25, 0.3) is 5.91 Å². The lowest BCUT2D eigenvalue weighted by molar-refractivity contribution is 0.0964. The Morgan fingerprint density at radius 2 is 1.62 bits per heavy atom. The summed E-state index contributed by atoms with van der Waals surface area (Å²) in [6.45, 7) is 0. The molecule has 2 amide bonds. The normalized spacial score (nSPS) is 10.5. The molecular weight excluding hydrogens is 268 g/mol. The molecule has 0 aliphatic heterocycles. The minimum absolute atomic E-state index is 0.213. The molecule has 0 aliphatic carbocycles. The maximum Gasteiger partial charge on any atom is 0.335 e. The maximum atomic E-state index is 12.2. The predicted octanol–water partition coefficient (Wildman–Crippen LogP) is 2.75. The fraction of sp³-hybridized carbons (Fsp3) is 0. The van der Waals surface area contributed by atoms with Crippen molar-refractivity contribution in [1.82, 2.24) is 9.88 Å². The highest BCUT2D eigenvalue weighted by molar-refractivity contribution is 6.07. The lowest BCUT2D eigenvalue weighted by Crippen LogP contribution is -2.33. The molecule has 0 saturated heterocycles. The second-order valence-corrected chi connectivity index (χ2v) is 4.52. The highest BCUT2D eigenvalue weighted by atomic mass is 16.3. The van der Waals surface area contributed by atoms with Crippen molar-refractivity contribution < 1.29 is 14.7 Å². The van der Waals surface area contributed by atoms with Crippen molar-refractivity contribution in [2.24, 2.45) is 0 Å². The fourth-order valence-electron chi connectivity index (χ4n) is 2.17. The highest BCUT2D eigenvalue weighted by Gasteiger charge is 2.17. The molecule has 3 rings (SSSR count). The predicted molar refractivity (Wildman–Crippen MR) is 78.3 cm³/mol. The number of aromatic nitrogens is 1. The van der Waals surface area contributed by atoms with E-state index in [2.05, 4.69) is 5.32 Å². The van der Waals surface area contributed by atoms with Gasteiger partial charge in [-0.05, 0) is 18.2 Å². The van der Waals surface area contributed by atoms with Crippen LogP contribution in [-0.2, 0) is 0 Å². The Morgan fingerprint density at radius 1 is 0.952 bits per heavy atom. The molecule has 2 aromatic carbocycles. The number of nitrogens with zero attached hydrogens (tertiary/aromatic N) is 1. The lowest BCUT2D eigenvalue weighted by Gasteiger charge is -2.07. The molecule has 0 spiro atoms. The van der Waals surface area contributed by atoms with E-state index >= 15 is 0 Å². The number of carbonyl (C=O) groups is 2. The largest absolute Gasteiger partial charge is 0.494 e. The molecule has 0 unspecified atom stereocenters. The zero-order chi connectivity index (χ0) is 14.8. The molecule has 0 saturated carbocycles. The van der Waals surface area contributed by atoms with Crippen LogP contribution in [0.5, 0.6) is 5.88 Å². The number of amides is 2. The maximum absolute atomic E-state index is 12.2. The Kier molecular flexibility index (Phi) is 3.16. The average Bonchev–Trinajstić information content (AvgIpc) is 2.83. The molecule has 0 radical (unpaired) electrons. The van der Waals surface area contributed by atoms with Gasteiger partial charge >= 0.3 is 6.03 Å². The van der Waals surface area contributed by atoms with Crippen molar-refractivity contribution in [3.8, 4) is 5.88 Å². The number of para-hydroxylation sites is 1. The minimum atomic E-state index is -0.692. The first-order chi connectivity index (χ1) is 10.2. The summed E-state index contributed by atoms with van der Waals surface area (Å²) >= 11 is 0. The van der Waals surface area contributed by atoms with Gasteiger partial charge in [0.05, 0.1) is 5.52 Å². The molecule has 1 heterocycles. The molecule has 1 aromatic heterocycles. The number of imide groups is 1. The first-order valence-corrected chi connectivity index (χ1v) is 6.37. The van der Waals surface area contributed by atoms with Gasteiger partial charge in [-0.2, -0.15) is 0 Å². The van der Waals surface area contributed by atoms with Gasteiger partial charge in [0.2, 0.25) is 0 Å². The Balaban J connectivity index is 1.91. The van der Waals surface area contributed by atoms with Gasteiger partial charge in [-0.25, -0.2) is 9.36 Å². The molecule has 3 aromatic rings. The Labute approximate surface area is 120 Å². The van der Waals surface area contributed by atoms with Crippen LogP contribution >= 0.6 is 0 Å². The topological polar surface area (TPSA) is 71.3 Å². The van der Waals surface area contributed by atoms with E-state index in [9.17, 15) is 14.7 Å². The summed E-state index contributed by atoms with van der Waals surface area (Å²) in [6.07, 6.45) is 0. The number of hydrogen-bond acceptors (Lipinski definition) is 3. The number of nitrogens with one attached hydrogen (secondary N) is 1. The van der Waals surface area contributed by atoms with Gasteiger partial charge in [-0.1, -0.05) is 36.4 Å². The summed E-state index contributed by atoms with van der Waals surface area (Å²) in [5, 5.41) is 12.9. The minimum Gasteiger partial charge on any atom is -0.494 e. The third-order valence-corrected chi connectivity index (χ3v) is 3.15. The van der Waals surface area contributed by atoms with E-state index in [0.717, 1.165) is 9.95 Å². The zero-order valence-corrected chi connectivity index (χ0v) is 11.0. The zero-order valence-electron chi connectivity index (χ0n) is 11.0. The van der Waals surface area contributed by atoms with Gasteiger partial charge in [0, 0.05) is 17.0 Å². The lowest BCUT2D eigenvalue weighted by atomic mass is 10.2. The summed E-state index contributed by atoms with van der Waals surface area (Å²) in [7, 11) is 0. The van der Waals surface area contributed by atoms with E-state index < -0.39 is 11.9 Å². The monoisotopic (exact) mass is 280 g/mol. The summed E-state index contributed by atoms with van der Waals surface area (Å²) in [6, 6.07) is 16.2. The van der Waals surface area contributed by atoms with Crippen LogP contribution in [0.1, 0.15) is 10.4 Å². The van der Waals surface area contributed by atoms with Gasteiger partial charge in [0.15, 0.2) is 5.88 Å². The molecule has 0 aliphatic rings. The molecule has 0 fully saturated rings. The molecule has 2 N–H and O–H groups in total. The van der Waals surface area contributed by atoms with E-state index in [4.69, 9.17) is 0 Å². The molecule has 5 nitrogen and oxygen atoms in total. The van der Waals surface area contributed by atoms with Crippen molar-refractivity contribution in [3.05, 3.63) is 66.2 Å². The van der Waals surface area contributed by atoms with Crippen LogP contribution in [0, 0.1) is 0 Å². The summed E-state index contributed by atoms with van der Waals surface area (Å²) in [5.41, 5.74) is 0.912. The van der Waals surface area contributed by atoms with Crippen LogP contribution in [0.15, 0.2) is 60.7 Å². The SMILES string of the molecule is O=C(NC(=O)n1c(O)cc2ccccc21)c1ccccc1. The molecule has 21 heavy (non-hydrogen) atoms. The Morgan fingerprint density at radius 3 is 2.38 bits per heavy atom. The summed E-state index contributed by atoms with van der Waals surface area (Å²) in [4.78, 5) is 24.2. The first kappa shape index (κ1) is 12.9. The molecular formula is C16H12N2O3. The molecule has 5 heteroatoms. The second-order valence-electron chi connectivity index (χ2n) is 4.52. The van der Waals surface area contributed by atoms with Crippen LogP contribution in [0.3, 0.4) is 0 Å². The summed E-state index contributed by atoms with van der Waals surface area (Å²) in [5.74, 6) is -0.729. The van der Waals surface area contributed by atoms with E-state index in [-0.39, 0.29) is 5.88 Å². The van der Waals surface area contributed by atoms with E-state index in [1.165, 1.54) is 6.07 Å². The van der Waals surface area contributed by atoms with Crippen molar-refractivity contribution in [3.63, 3.8) is 0 Å². The van der Waals surface area contributed by atoms with Crippen molar-refractivity contribution >= 4 is 22.8 Å².